The lowest BCUT2D eigenvalue weighted by molar-refractivity contribution is -0.115. The summed E-state index contributed by atoms with van der Waals surface area (Å²) in [5.41, 5.74) is 0.947. The van der Waals surface area contributed by atoms with Crippen LogP contribution in [-0.2, 0) is 11.3 Å². The Bertz CT molecular complexity index is 840. The second kappa shape index (κ2) is 7.46. The zero-order valence-corrected chi connectivity index (χ0v) is 15.6. The molecule has 3 rings (SSSR count). The van der Waals surface area contributed by atoms with Crippen molar-refractivity contribution in [2.24, 2.45) is 0 Å². The molecule has 2 aromatic rings. The summed E-state index contributed by atoms with van der Waals surface area (Å²) >= 11 is 7.39. The van der Waals surface area contributed by atoms with Crippen LogP contribution in [-0.4, -0.2) is 25.9 Å². The Kier molecular flexibility index (Phi) is 5.30. The van der Waals surface area contributed by atoms with Gasteiger partial charge >= 0.3 is 0 Å². The van der Waals surface area contributed by atoms with E-state index in [2.05, 4.69) is 27.0 Å². The lowest BCUT2D eigenvalue weighted by Crippen LogP contribution is -2.23. The highest BCUT2D eigenvalue weighted by molar-refractivity contribution is 8.00. The maximum absolute atomic E-state index is 12.4. The standard InChI is InChI=1S/C17H18ClN5OS/c1-3-23-15(11-4-5-11)21-22-17(23)25-10(2)16(24)20-13-7-6-12(9-19)14(18)8-13/h6-8,10-11H,3-5H2,1-2H3,(H,20,24)/t10-/m0/s1. The molecule has 8 heteroatoms. The van der Waals surface area contributed by atoms with E-state index in [-0.39, 0.29) is 11.2 Å². The fraction of sp³-hybridized carbons (Fsp3) is 0.412. The second-order valence-electron chi connectivity index (χ2n) is 5.92. The number of hydrogen-bond acceptors (Lipinski definition) is 5. The summed E-state index contributed by atoms with van der Waals surface area (Å²) in [7, 11) is 0. The third-order valence-electron chi connectivity index (χ3n) is 4.01. The number of hydrogen-bond donors (Lipinski definition) is 1. The summed E-state index contributed by atoms with van der Waals surface area (Å²) in [6.45, 7) is 4.68. The summed E-state index contributed by atoms with van der Waals surface area (Å²) in [5, 5.41) is 21.0. The Morgan fingerprint density at radius 3 is 2.88 bits per heavy atom. The largest absolute Gasteiger partial charge is 0.325 e. The van der Waals surface area contributed by atoms with Gasteiger partial charge in [0.15, 0.2) is 5.16 Å². The fourth-order valence-electron chi connectivity index (χ4n) is 2.47. The Labute approximate surface area is 155 Å². The molecule has 1 amide bonds. The maximum Gasteiger partial charge on any atom is 0.237 e. The number of rotatable bonds is 6. The van der Waals surface area contributed by atoms with Gasteiger partial charge in [-0.05, 0) is 44.9 Å². The highest BCUT2D eigenvalue weighted by atomic mass is 35.5. The van der Waals surface area contributed by atoms with Crippen molar-refractivity contribution in [3.05, 3.63) is 34.6 Å². The van der Waals surface area contributed by atoms with E-state index in [1.165, 1.54) is 11.8 Å². The lowest BCUT2D eigenvalue weighted by Gasteiger charge is -2.13. The van der Waals surface area contributed by atoms with Crippen LogP contribution in [0.1, 0.15) is 44.0 Å². The minimum absolute atomic E-state index is 0.149. The lowest BCUT2D eigenvalue weighted by atomic mass is 10.2. The summed E-state index contributed by atoms with van der Waals surface area (Å²) in [5.74, 6) is 1.40. The Morgan fingerprint density at radius 2 is 2.28 bits per heavy atom. The number of halogens is 1. The molecule has 1 aromatic heterocycles. The van der Waals surface area contributed by atoms with Crippen LogP contribution < -0.4 is 5.32 Å². The van der Waals surface area contributed by atoms with Gasteiger partial charge in [0.05, 0.1) is 15.8 Å². The number of benzene rings is 1. The van der Waals surface area contributed by atoms with Crippen molar-refractivity contribution in [2.75, 3.05) is 5.32 Å². The van der Waals surface area contributed by atoms with Crippen molar-refractivity contribution >= 4 is 35.0 Å². The van der Waals surface area contributed by atoms with E-state index in [0.717, 1.165) is 30.4 Å². The third kappa shape index (κ3) is 3.97. The summed E-state index contributed by atoms with van der Waals surface area (Å²) < 4.78 is 2.09. The van der Waals surface area contributed by atoms with Crippen LogP contribution in [0.2, 0.25) is 5.02 Å². The zero-order chi connectivity index (χ0) is 18.0. The van der Waals surface area contributed by atoms with E-state index in [0.29, 0.717) is 22.2 Å². The number of carbonyl (C=O) groups excluding carboxylic acids is 1. The first-order valence-corrected chi connectivity index (χ1v) is 9.39. The van der Waals surface area contributed by atoms with Gasteiger partial charge in [0.1, 0.15) is 11.9 Å². The van der Waals surface area contributed by atoms with Crippen molar-refractivity contribution in [3.63, 3.8) is 0 Å². The van der Waals surface area contributed by atoms with Crippen molar-refractivity contribution in [2.45, 2.75) is 49.6 Å². The van der Waals surface area contributed by atoms with E-state index in [4.69, 9.17) is 16.9 Å². The molecular formula is C17H18ClN5OS. The number of amides is 1. The van der Waals surface area contributed by atoms with Crippen LogP contribution >= 0.6 is 23.4 Å². The van der Waals surface area contributed by atoms with E-state index < -0.39 is 0 Å². The second-order valence-corrected chi connectivity index (χ2v) is 7.63. The smallest absolute Gasteiger partial charge is 0.237 e. The molecule has 1 aliphatic rings. The molecule has 0 radical (unpaired) electrons. The van der Waals surface area contributed by atoms with Crippen LogP contribution in [0.3, 0.4) is 0 Å². The molecule has 0 spiro atoms. The van der Waals surface area contributed by atoms with Gasteiger partial charge in [-0.2, -0.15) is 5.26 Å². The molecule has 1 N–H and O–H groups in total. The first kappa shape index (κ1) is 17.8. The molecule has 1 saturated carbocycles. The third-order valence-corrected chi connectivity index (χ3v) is 5.41. The van der Waals surface area contributed by atoms with Crippen LogP contribution in [0.5, 0.6) is 0 Å². The number of nitrogens with one attached hydrogen (secondary N) is 1. The molecule has 1 aliphatic carbocycles. The molecule has 1 fully saturated rings. The van der Waals surface area contributed by atoms with E-state index in [1.54, 1.807) is 18.2 Å². The van der Waals surface area contributed by atoms with Gasteiger partial charge < -0.3 is 9.88 Å². The van der Waals surface area contributed by atoms with Crippen LogP contribution in [0, 0.1) is 11.3 Å². The molecule has 1 aromatic carbocycles. The average Bonchev–Trinajstić information content (AvgIpc) is 3.36. The number of nitrogens with zero attached hydrogens (tertiary/aromatic N) is 4. The van der Waals surface area contributed by atoms with Crippen LogP contribution in [0.4, 0.5) is 5.69 Å². The summed E-state index contributed by atoms with van der Waals surface area (Å²) in [4.78, 5) is 12.4. The Balaban J connectivity index is 1.67. The van der Waals surface area contributed by atoms with Gasteiger partial charge in [0.25, 0.3) is 0 Å². The molecule has 1 heterocycles. The molecule has 25 heavy (non-hydrogen) atoms. The highest BCUT2D eigenvalue weighted by Gasteiger charge is 2.30. The topological polar surface area (TPSA) is 83.6 Å². The molecular weight excluding hydrogens is 358 g/mol. The minimum Gasteiger partial charge on any atom is -0.325 e. The molecule has 130 valence electrons. The average molecular weight is 376 g/mol. The van der Waals surface area contributed by atoms with Gasteiger partial charge in [-0.15, -0.1) is 10.2 Å². The van der Waals surface area contributed by atoms with Crippen molar-refractivity contribution < 1.29 is 4.79 Å². The van der Waals surface area contributed by atoms with E-state index in [1.807, 2.05) is 13.0 Å². The molecule has 0 unspecified atom stereocenters. The van der Waals surface area contributed by atoms with Crippen molar-refractivity contribution in [1.29, 1.82) is 5.26 Å². The van der Waals surface area contributed by atoms with Gasteiger partial charge in [-0.1, -0.05) is 23.4 Å². The Hall–Kier alpha value is -2.04. The van der Waals surface area contributed by atoms with Crippen LogP contribution in [0.15, 0.2) is 23.4 Å². The van der Waals surface area contributed by atoms with Crippen LogP contribution in [0.25, 0.3) is 0 Å². The van der Waals surface area contributed by atoms with Gasteiger partial charge in [-0.25, -0.2) is 0 Å². The number of carbonyl (C=O) groups is 1. The zero-order valence-electron chi connectivity index (χ0n) is 14.0. The van der Waals surface area contributed by atoms with E-state index in [9.17, 15) is 4.79 Å². The first-order chi connectivity index (χ1) is 12.0. The molecule has 1 atom stereocenters. The maximum atomic E-state index is 12.4. The number of nitriles is 1. The van der Waals surface area contributed by atoms with Crippen molar-refractivity contribution in [3.8, 4) is 6.07 Å². The summed E-state index contributed by atoms with van der Waals surface area (Å²) in [6, 6.07) is 6.83. The fourth-order valence-corrected chi connectivity index (χ4v) is 3.61. The van der Waals surface area contributed by atoms with Gasteiger partial charge in [0, 0.05) is 18.2 Å². The van der Waals surface area contributed by atoms with Gasteiger partial charge in [-0.3, -0.25) is 4.79 Å². The quantitative estimate of drug-likeness (QED) is 0.776. The van der Waals surface area contributed by atoms with E-state index >= 15 is 0 Å². The number of aromatic nitrogens is 3. The summed E-state index contributed by atoms with van der Waals surface area (Å²) in [6.07, 6.45) is 2.33. The highest BCUT2D eigenvalue weighted by Crippen LogP contribution is 2.40. The molecule has 6 nitrogen and oxygen atoms in total. The first-order valence-electron chi connectivity index (χ1n) is 8.13. The predicted octanol–water partition coefficient (Wildman–Crippen LogP) is 3.82. The van der Waals surface area contributed by atoms with Gasteiger partial charge in [0.2, 0.25) is 5.91 Å². The number of thioether (sulfide) groups is 1. The van der Waals surface area contributed by atoms with Crippen molar-refractivity contribution in [1.82, 2.24) is 14.8 Å². The molecule has 0 aliphatic heterocycles. The molecule has 0 bridgehead atoms. The Morgan fingerprint density at radius 1 is 1.52 bits per heavy atom. The monoisotopic (exact) mass is 375 g/mol. The minimum atomic E-state index is -0.337. The molecule has 0 saturated heterocycles. The SMILES string of the molecule is CCn1c(S[C@@H](C)C(=O)Nc2ccc(C#N)c(Cl)c2)nnc1C1CC1. The predicted molar refractivity (Wildman–Crippen MR) is 97.8 cm³/mol. The normalized spacial score (nSPS) is 14.8. The number of anilines is 1.